The Morgan fingerprint density at radius 2 is 2.00 bits per heavy atom. The maximum Gasteiger partial charge on any atom is 0.416 e. The second-order valence-electron chi connectivity index (χ2n) is 5.81. The minimum absolute atomic E-state index is 0.142. The van der Waals surface area contributed by atoms with Crippen molar-refractivity contribution in [2.75, 3.05) is 19.7 Å². The number of ether oxygens (including phenoxy) is 1. The lowest BCUT2D eigenvalue weighted by atomic mass is 9.88. The van der Waals surface area contributed by atoms with Gasteiger partial charge in [0.15, 0.2) is 0 Å². The normalized spacial score (nSPS) is 21.2. The van der Waals surface area contributed by atoms with Gasteiger partial charge in [-0.1, -0.05) is 12.1 Å². The number of piperidine rings is 1. The average molecular weight is 314 g/mol. The second kappa shape index (κ2) is 5.46. The zero-order valence-electron chi connectivity index (χ0n) is 11.9. The molecule has 7 heteroatoms. The number of amides is 1. The predicted octanol–water partition coefficient (Wildman–Crippen LogP) is 2.78. The fourth-order valence-corrected chi connectivity index (χ4v) is 3.11. The van der Waals surface area contributed by atoms with Crippen molar-refractivity contribution in [3.8, 4) is 0 Å². The molecule has 2 heterocycles. The van der Waals surface area contributed by atoms with Gasteiger partial charge in [-0.25, -0.2) is 4.79 Å². The Kier molecular flexibility index (Phi) is 3.76. The van der Waals surface area contributed by atoms with E-state index in [9.17, 15) is 18.0 Å². The minimum atomic E-state index is -4.38. The van der Waals surface area contributed by atoms with E-state index in [4.69, 9.17) is 4.74 Å². The van der Waals surface area contributed by atoms with Gasteiger partial charge in [0, 0.05) is 6.54 Å². The molecule has 1 aromatic carbocycles. The summed E-state index contributed by atoms with van der Waals surface area (Å²) < 4.78 is 43.5. The van der Waals surface area contributed by atoms with E-state index in [2.05, 4.69) is 5.32 Å². The molecule has 1 aromatic rings. The third kappa shape index (κ3) is 2.77. The Hall–Kier alpha value is -1.76. The van der Waals surface area contributed by atoms with Crippen molar-refractivity contribution >= 4 is 6.09 Å². The van der Waals surface area contributed by atoms with Gasteiger partial charge in [0.05, 0.1) is 11.1 Å². The monoisotopic (exact) mass is 314 g/mol. The molecule has 0 bridgehead atoms. The predicted molar refractivity (Wildman–Crippen MR) is 73.2 cm³/mol. The standard InChI is InChI=1S/C15H17F3N2O2/c16-15(17,18)12-3-1-2-11(8-12)9-20-13(21)22-10-14(20)4-6-19-7-5-14/h1-3,8,19H,4-7,9-10H2. The number of nitrogens with one attached hydrogen (secondary N) is 1. The topological polar surface area (TPSA) is 41.6 Å². The molecule has 2 fully saturated rings. The van der Waals surface area contributed by atoms with Crippen LogP contribution >= 0.6 is 0 Å². The van der Waals surface area contributed by atoms with E-state index < -0.39 is 23.4 Å². The molecule has 3 rings (SSSR count). The summed E-state index contributed by atoms with van der Waals surface area (Å²) in [6, 6.07) is 5.11. The van der Waals surface area contributed by atoms with E-state index in [0.29, 0.717) is 12.2 Å². The molecule has 0 atom stereocenters. The number of alkyl halides is 3. The number of cyclic esters (lactones) is 1. The summed E-state index contributed by atoms with van der Waals surface area (Å²) >= 11 is 0. The van der Waals surface area contributed by atoms with Crippen LogP contribution in [0, 0.1) is 0 Å². The summed E-state index contributed by atoms with van der Waals surface area (Å²) in [6.07, 6.45) is -3.33. The van der Waals surface area contributed by atoms with Gasteiger partial charge in [0.2, 0.25) is 0 Å². The Morgan fingerprint density at radius 3 is 2.68 bits per heavy atom. The molecule has 1 spiro atoms. The SMILES string of the molecule is O=C1OCC2(CCNCC2)N1Cc1cccc(C(F)(F)F)c1. The molecule has 2 saturated heterocycles. The van der Waals surface area contributed by atoms with Crippen LogP contribution in [0.4, 0.5) is 18.0 Å². The van der Waals surface area contributed by atoms with Crippen LogP contribution in [0.15, 0.2) is 24.3 Å². The highest BCUT2D eigenvalue weighted by molar-refractivity contribution is 5.71. The average Bonchev–Trinajstić information content (AvgIpc) is 2.77. The van der Waals surface area contributed by atoms with Gasteiger partial charge in [-0.05, 0) is 43.6 Å². The van der Waals surface area contributed by atoms with Gasteiger partial charge in [-0.2, -0.15) is 13.2 Å². The molecule has 0 aromatic heterocycles. The van der Waals surface area contributed by atoms with E-state index in [1.807, 2.05) is 0 Å². The van der Waals surface area contributed by atoms with E-state index in [0.717, 1.165) is 38.1 Å². The summed E-state index contributed by atoms with van der Waals surface area (Å²) in [6.45, 7) is 2.00. The first-order valence-corrected chi connectivity index (χ1v) is 7.22. The van der Waals surface area contributed by atoms with Crippen molar-refractivity contribution in [1.29, 1.82) is 0 Å². The van der Waals surface area contributed by atoms with E-state index in [1.165, 1.54) is 6.07 Å². The number of hydrogen-bond acceptors (Lipinski definition) is 3. The Bertz CT molecular complexity index is 568. The third-order valence-corrected chi connectivity index (χ3v) is 4.39. The second-order valence-corrected chi connectivity index (χ2v) is 5.81. The third-order valence-electron chi connectivity index (χ3n) is 4.39. The molecule has 0 aliphatic carbocycles. The molecular weight excluding hydrogens is 297 g/mol. The van der Waals surface area contributed by atoms with Gasteiger partial charge in [0.25, 0.3) is 0 Å². The lowest BCUT2D eigenvalue weighted by Gasteiger charge is -2.38. The van der Waals surface area contributed by atoms with E-state index in [-0.39, 0.29) is 6.54 Å². The number of hydrogen-bond donors (Lipinski definition) is 1. The van der Waals surface area contributed by atoms with Crippen LogP contribution in [0.3, 0.4) is 0 Å². The van der Waals surface area contributed by atoms with Crippen LogP contribution in [0.5, 0.6) is 0 Å². The molecule has 0 unspecified atom stereocenters. The molecule has 2 aliphatic rings. The zero-order chi connectivity index (χ0) is 15.8. The van der Waals surface area contributed by atoms with Gasteiger partial charge in [0.1, 0.15) is 6.61 Å². The maximum absolute atomic E-state index is 12.8. The smallest absolute Gasteiger partial charge is 0.416 e. The maximum atomic E-state index is 12.8. The Morgan fingerprint density at radius 1 is 1.27 bits per heavy atom. The Labute approximate surface area is 126 Å². The van der Waals surface area contributed by atoms with E-state index >= 15 is 0 Å². The molecule has 2 aliphatic heterocycles. The van der Waals surface area contributed by atoms with Gasteiger partial charge >= 0.3 is 12.3 Å². The summed E-state index contributed by atoms with van der Waals surface area (Å²) in [5, 5.41) is 3.22. The van der Waals surface area contributed by atoms with Crippen LogP contribution in [0.25, 0.3) is 0 Å². The van der Waals surface area contributed by atoms with Crippen LogP contribution in [0.2, 0.25) is 0 Å². The van der Waals surface area contributed by atoms with Crippen LogP contribution in [-0.4, -0.2) is 36.2 Å². The van der Waals surface area contributed by atoms with Crippen LogP contribution < -0.4 is 5.32 Å². The summed E-state index contributed by atoms with van der Waals surface area (Å²) in [5.41, 5.74) is -0.625. The number of carbonyl (C=O) groups is 1. The number of benzene rings is 1. The zero-order valence-corrected chi connectivity index (χ0v) is 11.9. The first-order valence-electron chi connectivity index (χ1n) is 7.22. The van der Waals surface area contributed by atoms with Crippen molar-refractivity contribution < 1.29 is 22.7 Å². The molecular formula is C15H17F3N2O2. The number of carbonyl (C=O) groups excluding carboxylic acids is 1. The van der Waals surface area contributed by atoms with Crippen molar-refractivity contribution in [1.82, 2.24) is 10.2 Å². The number of nitrogens with zero attached hydrogens (tertiary/aromatic N) is 1. The molecule has 1 amide bonds. The fraction of sp³-hybridized carbons (Fsp3) is 0.533. The van der Waals surface area contributed by atoms with Gasteiger partial charge in [-0.15, -0.1) is 0 Å². The quantitative estimate of drug-likeness (QED) is 0.913. The van der Waals surface area contributed by atoms with Crippen molar-refractivity contribution in [3.63, 3.8) is 0 Å². The molecule has 4 nitrogen and oxygen atoms in total. The number of halogens is 3. The van der Waals surface area contributed by atoms with Crippen LogP contribution in [0.1, 0.15) is 24.0 Å². The lowest BCUT2D eigenvalue weighted by Crippen LogP contribution is -2.53. The number of rotatable bonds is 2. The summed E-state index contributed by atoms with van der Waals surface area (Å²) in [5.74, 6) is 0. The molecule has 22 heavy (non-hydrogen) atoms. The first-order chi connectivity index (χ1) is 10.4. The lowest BCUT2D eigenvalue weighted by molar-refractivity contribution is -0.137. The van der Waals surface area contributed by atoms with Gasteiger partial charge in [-0.3, -0.25) is 4.90 Å². The molecule has 0 radical (unpaired) electrons. The molecule has 120 valence electrons. The Balaban J connectivity index is 1.83. The van der Waals surface area contributed by atoms with Gasteiger partial charge < -0.3 is 10.1 Å². The first kappa shape index (κ1) is 15.1. The van der Waals surface area contributed by atoms with Crippen molar-refractivity contribution in [2.45, 2.75) is 31.1 Å². The highest BCUT2D eigenvalue weighted by Crippen LogP contribution is 2.35. The minimum Gasteiger partial charge on any atom is -0.447 e. The molecule has 1 N–H and O–H groups in total. The van der Waals surface area contributed by atoms with Crippen molar-refractivity contribution in [2.24, 2.45) is 0 Å². The molecule has 0 saturated carbocycles. The summed E-state index contributed by atoms with van der Waals surface area (Å²) in [7, 11) is 0. The highest BCUT2D eigenvalue weighted by atomic mass is 19.4. The fourth-order valence-electron chi connectivity index (χ4n) is 3.11. The van der Waals surface area contributed by atoms with Crippen LogP contribution in [-0.2, 0) is 17.5 Å². The largest absolute Gasteiger partial charge is 0.447 e. The van der Waals surface area contributed by atoms with Crippen molar-refractivity contribution in [3.05, 3.63) is 35.4 Å². The van der Waals surface area contributed by atoms with E-state index in [1.54, 1.807) is 11.0 Å². The highest BCUT2D eigenvalue weighted by Gasteiger charge is 2.47. The summed E-state index contributed by atoms with van der Waals surface area (Å²) in [4.78, 5) is 13.6.